The van der Waals surface area contributed by atoms with Crippen molar-refractivity contribution in [1.29, 1.82) is 0 Å². The first kappa shape index (κ1) is 16.1. The zero-order valence-corrected chi connectivity index (χ0v) is 13.6. The van der Waals surface area contributed by atoms with E-state index >= 15 is 0 Å². The number of aliphatic imine (C=N–C) groups is 1. The molecule has 0 aliphatic rings. The van der Waals surface area contributed by atoms with Crippen molar-refractivity contribution >= 4 is 44.8 Å². The second kappa shape index (κ2) is 9.04. The zero-order valence-electron chi connectivity index (χ0n) is 11.2. The SMILES string of the molecule is CCCCCCC(N)=NC(=S)Nc1ccc(Br)cc1. The fourth-order valence-electron chi connectivity index (χ4n) is 1.60. The topological polar surface area (TPSA) is 50.4 Å². The first-order valence-corrected chi connectivity index (χ1v) is 7.71. The van der Waals surface area contributed by atoms with Gasteiger partial charge in [-0.1, -0.05) is 42.1 Å². The molecule has 104 valence electrons. The number of nitrogens with two attached hydrogens (primary N) is 1. The first-order chi connectivity index (χ1) is 9.11. The van der Waals surface area contributed by atoms with Gasteiger partial charge < -0.3 is 11.1 Å². The molecule has 0 radical (unpaired) electrons. The summed E-state index contributed by atoms with van der Waals surface area (Å²) in [5.74, 6) is 0.603. The van der Waals surface area contributed by atoms with Crippen LogP contribution < -0.4 is 11.1 Å². The highest BCUT2D eigenvalue weighted by Crippen LogP contribution is 2.14. The molecule has 0 aliphatic carbocycles. The Hall–Kier alpha value is -0.940. The van der Waals surface area contributed by atoms with Crippen LogP contribution in [0, 0.1) is 0 Å². The maximum Gasteiger partial charge on any atom is 0.198 e. The average Bonchev–Trinajstić information content (AvgIpc) is 2.37. The van der Waals surface area contributed by atoms with Gasteiger partial charge in [0, 0.05) is 16.6 Å². The van der Waals surface area contributed by atoms with Crippen molar-refractivity contribution < 1.29 is 0 Å². The minimum absolute atomic E-state index is 0.412. The highest BCUT2D eigenvalue weighted by atomic mass is 79.9. The maximum absolute atomic E-state index is 5.85. The number of nitrogens with one attached hydrogen (secondary N) is 1. The van der Waals surface area contributed by atoms with Crippen LogP contribution in [-0.4, -0.2) is 10.9 Å². The largest absolute Gasteiger partial charge is 0.387 e. The third-order valence-electron chi connectivity index (χ3n) is 2.63. The zero-order chi connectivity index (χ0) is 14.1. The van der Waals surface area contributed by atoms with Crippen LogP contribution in [0.3, 0.4) is 0 Å². The summed E-state index contributed by atoms with van der Waals surface area (Å²) in [4.78, 5) is 4.20. The van der Waals surface area contributed by atoms with Gasteiger partial charge >= 0.3 is 0 Å². The third kappa shape index (κ3) is 7.28. The van der Waals surface area contributed by atoms with E-state index < -0.39 is 0 Å². The summed E-state index contributed by atoms with van der Waals surface area (Å²) in [5.41, 5.74) is 6.76. The van der Waals surface area contributed by atoms with E-state index in [0.717, 1.165) is 23.0 Å². The van der Waals surface area contributed by atoms with Gasteiger partial charge in [0.25, 0.3) is 0 Å². The standard InChI is InChI=1S/C14H20BrN3S/c1-2-3-4-5-6-13(16)18-14(19)17-12-9-7-11(15)8-10-12/h7-10H,2-6H2,1H3,(H3,16,17,18,19). The highest BCUT2D eigenvalue weighted by Gasteiger charge is 1.99. The molecule has 0 aromatic heterocycles. The lowest BCUT2D eigenvalue weighted by atomic mass is 10.1. The van der Waals surface area contributed by atoms with Crippen LogP contribution in [-0.2, 0) is 0 Å². The van der Waals surface area contributed by atoms with Gasteiger partial charge in [0.05, 0.1) is 0 Å². The van der Waals surface area contributed by atoms with Crippen molar-refractivity contribution in [3.8, 4) is 0 Å². The minimum atomic E-state index is 0.412. The summed E-state index contributed by atoms with van der Waals surface area (Å²) in [5, 5.41) is 3.46. The van der Waals surface area contributed by atoms with E-state index in [4.69, 9.17) is 18.0 Å². The Labute approximate surface area is 128 Å². The van der Waals surface area contributed by atoms with Gasteiger partial charge in [0.2, 0.25) is 0 Å². The van der Waals surface area contributed by atoms with Gasteiger partial charge in [-0.3, -0.25) is 0 Å². The van der Waals surface area contributed by atoms with Gasteiger partial charge in [-0.2, -0.15) is 0 Å². The number of benzene rings is 1. The number of anilines is 1. The Balaban J connectivity index is 2.38. The van der Waals surface area contributed by atoms with E-state index in [1.54, 1.807) is 0 Å². The molecule has 19 heavy (non-hydrogen) atoms. The Morgan fingerprint density at radius 3 is 2.58 bits per heavy atom. The Kier molecular flexibility index (Phi) is 7.67. The van der Waals surface area contributed by atoms with E-state index in [-0.39, 0.29) is 0 Å². The fourth-order valence-corrected chi connectivity index (χ4v) is 2.10. The number of nitrogens with zero attached hydrogens (tertiary/aromatic N) is 1. The molecule has 0 spiro atoms. The number of halogens is 1. The Bertz CT molecular complexity index is 429. The van der Waals surface area contributed by atoms with Crippen LogP contribution in [0.4, 0.5) is 5.69 Å². The average molecular weight is 342 g/mol. The summed E-state index contributed by atoms with van der Waals surface area (Å²) in [6.07, 6.45) is 5.54. The molecule has 0 amide bonds. The van der Waals surface area contributed by atoms with Crippen molar-refractivity contribution in [1.82, 2.24) is 0 Å². The quantitative estimate of drug-likeness (QED) is 0.347. The van der Waals surface area contributed by atoms with Crippen molar-refractivity contribution in [2.75, 3.05) is 5.32 Å². The summed E-state index contributed by atoms with van der Waals surface area (Å²) < 4.78 is 1.03. The number of amidine groups is 1. The number of thiocarbonyl (C=S) groups is 1. The summed E-state index contributed by atoms with van der Waals surface area (Å²) >= 11 is 8.54. The molecule has 1 aromatic carbocycles. The molecule has 0 unspecified atom stereocenters. The number of unbranched alkanes of at least 4 members (excludes halogenated alkanes) is 3. The van der Waals surface area contributed by atoms with Crippen LogP contribution in [0.1, 0.15) is 39.0 Å². The van der Waals surface area contributed by atoms with Gasteiger partial charge in [-0.05, 0) is 42.9 Å². The van der Waals surface area contributed by atoms with Crippen LogP contribution in [0.2, 0.25) is 0 Å². The summed E-state index contributed by atoms with van der Waals surface area (Å²) in [7, 11) is 0. The molecule has 0 aliphatic heterocycles. The molecule has 0 atom stereocenters. The molecule has 0 saturated heterocycles. The second-order valence-corrected chi connectivity index (χ2v) is 5.65. The molecule has 1 rings (SSSR count). The fraction of sp³-hybridized carbons (Fsp3) is 0.429. The molecule has 0 heterocycles. The van der Waals surface area contributed by atoms with Crippen LogP contribution in [0.25, 0.3) is 0 Å². The Morgan fingerprint density at radius 1 is 1.26 bits per heavy atom. The van der Waals surface area contributed by atoms with E-state index in [2.05, 4.69) is 33.2 Å². The minimum Gasteiger partial charge on any atom is -0.387 e. The molecular weight excluding hydrogens is 322 g/mol. The molecule has 1 aromatic rings. The van der Waals surface area contributed by atoms with Gasteiger partial charge in [0.15, 0.2) is 5.11 Å². The van der Waals surface area contributed by atoms with Crippen LogP contribution in [0.5, 0.6) is 0 Å². The molecule has 5 heteroatoms. The van der Waals surface area contributed by atoms with E-state index in [9.17, 15) is 0 Å². The van der Waals surface area contributed by atoms with E-state index in [1.807, 2.05) is 24.3 Å². The van der Waals surface area contributed by atoms with Crippen LogP contribution >= 0.6 is 28.1 Å². The predicted molar refractivity (Wildman–Crippen MR) is 90.7 cm³/mol. The van der Waals surface area contributed by atoms with Gasteiger partial charge in [-0.25, -0.2) is 4.99 Å². The lowest BCUT2D eigenvalue weighted by Gasteiger charge is -2.05. The molecule has 3 N–H and O–H groups in total. The molecule has 0 bridgehead atoms. The van der Waals surface area contributed by atoms with Gasteiger partial charge in [-0.15, -0.1) is 0 Å². The third-order valence-corrected chi connectivity index (χ3v) is 3.35. The monoisotopic (exact) mass is 341 g/mol. The van der Waals surface area contributed by atoms with E-state index in [0.29, 0.717) is 10.9 Å². The molecular formula is C14H20BrN3S. The molecule has 3 nitrogen and oxygen atoms in total. The predicted octanol–water partition coefficient (Wildman–Crippen LogP) is 4.47. The van der Waals surface area contributed by atoms with Gasteiger partial charge in [0.1, 0.15) is 5.84 Å². The smallest absolute Gasteiger partial charge is 0.198 e. The lowest BCUT2D eigenvalue weighted by Crippen LogP contribution is -2.16. The highest BCUT2D eigenvalue weighted by molar-refractivity contribution is 9.10. The van der Waals surface area contributed by atoms with Crippen molar-refractivity contribution in [2.45, 2.75) is 39.0 Å². The normalized spacial score (nSPS) is 11.4. The summed E-state index contributed by atoms with van der Waals surface area (Å²) in [6, 6.07) is 7.76. The van der Waals surface area contributed by atoms with Crippen molar-refractivity contribution in [3.63, 3.8) is 0 Å². The Morgan fingerprint density at radius 2 is 1.95 bits per heavy atom. The number of hydrogen-bond donors (Lipinski definition) is 2. The molecule has 0 fully saturated rings. The summed E-state index contributed by atoms with van der Waals surface area (Å²) in [6.45, 7) is 2.19. The van der Waals surface area contributed by atoms with Crippen molar-refractivity contribution in [3.05, 3.63) is 28.7 Å². The first-order valence-electron chi connectivity index (χ1n) is 6.51. The number of hydrogen-bond acceptors (Lipinski definition) is 1. The maximum atomic E-state index is 5.85. The molecule has 0 saturated carbocycles. The van der Waals surface area contributed by atoms with Crippen molar-refractivity contribution in [2.24, 2.45) is 10.7 Å². The van der Waals surface area contributed by atoms with E-state index in [1.165, 1.54) is 19.3 Å². The second-order valence-electron chi connectivity index (χ2n) is 4.35. The van der Waals surface area contributed by atoms with Crippen LogP contribution in [0.15, 0.2) is 33.7 Å². The lowest BCUT2D eigenvalue weighted by molar-refractivity contribution is 0.682. The number of rotatable bonds is 6.